The fourth-order valence-corrected chi connectivity index (χ4v) is 2.63. The van der Waals surface area contributed by atoms with Crippen LogP contribution in [0.1, 0.15) is 21.5 Å². The summed E-state index contributed by atoms with van der Waals surface area (Å²) in [7, 11) is 0. The van der Waals surface area contributed by atoms with Crippen LogP contribution in [-0.2, 0) is 4.79 Å². The van der Waals surface area contributed by atoms with Crippen molar-refractivity contribution in [1.82, 2.24) is 5.43 Å². The number of anilines is 1. The number of hydrazone groups is 1. The molecule has 0 unspecified atom stereocenters. The molecule has 9 nitrogen and oxygen atoms in total. The summed E-state index contributed by atoms with van der Waals surface area (Å²) in [5, 5.41) is 17.6. The van der Waals surface area contributed by atoms with Gasteiger partial charge in [0.25, 0.3) is 11.6 Å². The van der Waals surface area contributed by atoms with Gasteiger partial charge in [0.1, 0.15) is 5.75 Å². The lowest BCUT2D eigenvalue weighted by Crippen LogP contribution is -2.25. The zero-order valence-electron chi connectivity index (χ0n) is 17.1. The molecule has 0 aliphatic rings. The maximum Gasteiger partial charge on any atom is 0.343 e. The quantitative estimate of drug-likeness (QED) is 0.184. The molecule has 0 fully saturated rings. The van der Waals surface area contributed by atoms with E-state index in [0.29, 0.717) is 5.56 Å². The van der Waals surface area contributed by atoms with E-state index in [4.69, 9.17) is 4.74 Å². The summed E-state index contributed by atoms with van der Waals surface area (Å²) in [6.07, 6.45) is 1.36. The molecule has 3 rings (SSSR count). The van der Waals surface area contributed by atoms with Crippen LogP contribution in [0, 0.1) is 17.0 Å². The van der Waals surface area contributed by atoms with E-state index in [1.165, 1.54) is 30.5 Å². The first-order valence-corrected chi connectivity index (χ1v) is 9.60. The molecular weight excluding hydrogens is 412 g/mol. The fourth-order valence-electron chi connectivity index (χ4n) is 2.63. The van der Waals surface area contributed by atoms with Crippen molar-refractivity contribution < 1.29 is 19.2 Å². The van der Waals surface area contributed by atoms with Crippen molar-refractivity contribution in [2.45, 2.75) is 6.92 Å². The van der Waals surface area contributed by atoms with Crippen LogP contribution >= 0.6 is 0 Å². The number of hydrogen-bond acceptors (Lipinski definition) is 7. The minimum atomic E-state index is -0.674. The smallest absolute Gasteiger partial charge is 0.343 e. The Morgan fingerprint density at radius 2 is 1.72 bits per heavy atom. The zero-order chi connectivity index (χ0) is 22.9. The highest BCUT2D eigenvalue weighted by atomic mass is 16.6. The molecule has 3 aromatic rings. The van der Waals surface area contributed by atoms with E-state index in [-0.39, 0.29) is 29.5 Å². The molecule has 2 N–H and O–H groups in total. The number of nitrogens with one attached hydrogen (secondary N) is 2. The Morgan fingerprint density at radius 1 is 1.03 bits per heavy atom. The third-order valence-electron chi connectivity index (χ3n) is 4.33. The van der Waals surface area contributed by atoms with E-state index in [1.807, 2.05) is 31.2 Å². The van der Waals surface area contributed by atoms with Crippen LogP contribution < -0.4 is 15.5 Å². The highest BCUT2D eigenvalue weighted by Crippen LogP contribution is 2.19. The van der Waals surface area contributed by atoms with Gasteiger partial charge < -0.3 is 10.1 Å². The molecule has 0 aliphatic carbocycles. The van der Waals surface area contributed by atoms with Crippen LogP contribution in [-0.4, -0.2) is 29.6 Å². The normalized spacial score (nSPS) is 10.5. The number of nitro benzene ring substituents is 1. The predicted molar refractivity (Wildman–Crippen MR) is 120 cm³/mol. The van der Waals surface area contributed by atoms with Gasteiger partial charge >= 0.3 is 5.97 Å². The predicted octanol–water partition coefficient (Wildman–Crippen LogP) is 3.68. The number of benzene rings is 3. The fraction of sp³-hybridized carbons (Fsp3) is 0.0870. The van der Waals surface area contributed by atoms with E-state index in [9.17, 15) is 19.7 Å². The van der Waals surface area contributed by atoms with Gasteiger partial charge in [0.15, 0.2) is 0 Å². The van der Waals surface area contributed by atoms with Crippen LogP contribution in [0.5, 0.6) is 5.75 Å². The van der Waals surface area contributed by atoms with Gasteiger partial charge in [-0.3, -0.25) is 14.9 Å². The number of carbonyl (C=O) groups excluding carboxylic acids is 2. The topological polar surface area (TPSA) is 123 Å². The van der Waals surface area contributed by atoms with Gasteiger partial charge in [-0.25, -0.2) is 10.2 Å². The summed E-state index contributed by atoms with van der Waals surface area (Å²) >= 11 is 0. The number of esters is 1. The van der Waals surface area contributed by atoms with E-state index < -0.39 is 10.9 Å². The molecular formula is C23H20N4O5. The molecule has 0 radical (unpaired) electrons. The molecule has 0 spiro atoms. The third kappa shape index (κ3) is 6.23. The number of aryl methyl sites for hydroxylation is 1. The minimum absolute atomic E-state index is 0.0389. The molecule has 0 atom stereocenters. The highest BCUT2D eigenvalue weighted by Gasteiger charge is 2.13. The molecule has 162 valence electrons. The second-order valence-electron chi connectivity index (χ2n) is 6.74. The van der Waals surface area contributed by atoms with Crippen molar-refractivity contribution in [1.29, 1.82) is 0 Å². The Hall–Kier alpha value is -4.53. The lowest BCUT2D eigenvalue weighted by molar-refractivity contribution is -0.384. The van der Waals surface area contributed by atoms with Crippen LogP contribution in [0.25, 0.3) is 0 Å². The molecule has 1 amide bonds. The first kappa shape index (κ1) is 22.2. The summed E-state index contributed by atoms with van der Waals surface area (Å²) in [4.78, 5) is 34.5. The molecule has 32 heavy (non-hydrogen) atoms. The van der Waals surface area contributed by atoms with Gasteiger partial charge in [0.2, 0.25) is 0 Å². The van der Waals surface area contributed by atoms with Gasteiger partial charge in [0, 0.05) is 23.4 Å². The van der Waals surface area contributed by atoms with Crippen LogP contribution in [0.15, 0.2) is 77.9 Å². The number of nitro groups is 1. The van der Waals surface area contributed by atoms with Gasteiger partial charge in [-0.2, -0.15) is 5.10 Å². The zero-order valence-corrected chi connectivity index (χ0v) is 17.1. The maximum absolute atomic E-state index is 12.4. The standard InChI is InChI=1S/C23H20N4O5/c1-16-6-10-19(11-7-16)24-15-22(28)26-25-14-18-4-2-3-5-21(18)32-23(29)17-8-12-20(13-9-17)27(30)31/h2-14,24H,15H2,1H3,(H,26,28)/b25-14+. The van der Waals surface area contributed by atoms with E-state index in [0.717, 1.165) is 11.3 Å². The molecule has 0 heterocycles. The van der Waals surface area contributed by atoms with Gasteiger partial charge in [-0.1, -0.05) is 29.8 Å². The number of non-ortho nitro benzene ring substituents is 1. The molecule has 0 saturated carbocycles. The molecule has 0 aromatic heterocycles. The van der Waals surface area contributed by atoms with Crippen molar-refractivity contribution in [3.05, 3.63) is 99.6 Å². The van der Waals surface area contributed by atoms with Gasteiger partial charge in [-0.05, 0) is 43.3 Å². The Labute approximate surface area is 183 Å². The summed E-state index contributed by atoms with van der Waals surface area (Å²) in [5.41, 5.74) is 4.85. The van der Waals surface area contributed by atoms with Gasteiger partial charge in [0.05, 0.1) is 23.2 Å². The summed E-state index contributed by atoms with van der Waals surface area (Å²) in [6.45, 7) is 2.02. The average molecular weight is 432 g/mol. The Kier molecular flexibility index (Phi) is 7.26. The number of amides is 1. The van der Waals surface area contributed by atoms with Crippen LogP contribution in [0.3, 0.4) is 0 Å². The minimum Gasteiger partial charge on any atom is -0.422 e. The number of rotatable bonds is 8. The van der Waals surface area contributed by atoms with Crippen molar-refractivity contribution in [3.8, 4) is 5.75 Å². The Balaban J connectivity index is 1.57. The highest BCUT2D eigenvalue weighted by molar-refractivity contribution is 5.93. The van der Waals surface area contributed by atoms with Crippen molar-refractivity contribution >= 4 is 29.5 Å². The maximum atomic E-state index is 12.4. The number of ether oxygens (including phenoxy) is 1. The Morgan fingerprint density at radius 3 is 2.41 bits per heavy atom. The third-order valence-corrected chi connectivity index (χ3v) is 4.33. The van der Waals surface area contributed by atoms with Crippen LogP contribution in [0.2, 0.25) is 0 Å². The monoisotopic (exact) mass is 432 g/mol. The first-order chi connectivity index (χ1) is 15.4. The molecule has 0 saturated heterocycles. The van der Waals surface area contributed by atoms with E-state index in [1.54, 1.807) is 24.3 Å². The largest absolute Gasteiger partial charge is 0.422 e. The summed E-state index contributed by atoms with van der Waals surface area (Å²) in [6, 6.07) is 19.4. The number of carbonyl (C=O) groups is 2. The number of hydrogen-bond donors (Lipinski definition) is 2. The molecule has 0 aliphatic heterocycles. The first-order valence-electron chi connectivity index (χ1n) is 9.60. The van der Waals surface area contributed by atoms with Crippen molar-refractivity contribution in [2.24, 2.45) is 5.10 Å². The second-order valence-corrected chi connectivity index (χ2v) is 6.74. The lowest BCUT2D eigenvalue weighted by atomic mass is 10.2. The van der Waals surface area contributed by atoms with Gasteiger partial charge in [-0.15, -0.1) is 0 Å². The van der Waals surface area contributed by atoms with Crippen molar-refractivity contribution in [2.75, 3.05) is 11.9 Å². The number of para-hydroxylation sites is 1. The summed E-state index contributed by atoms with van der Waals surface area (Å²) < 4.78 is 5.38. The Bertz CT molecular complexity index is 1140. The molecule has 0 bridgehead atoms. The SMILES string of the molecule is Cc1ccc(NCC(=O)N/N=C/c2ccccc2OC(=O)c2ccc([N+](=O)[O-])cc2)cc1. The summed E-state index contributed by atoms with van der Waals surface area (Å²) in [5.74, 6) is -0.791. The number of nitrogens with zero attached hydrogens (tertiary/aromatic N) is 2. The van der Waals surface area contributed by atoms with E-state index >= 15 is 0 Å². The molecule has 3 aromatic carbocycles. The second kappa shape index (κ2) is 10.5. The van der Waals surface area contributed by atoms with Crippen molar-refractivity contribution in [3.63, 3.8) is 0 Å². The van der Waals surface area contributed by atoms with E-state index in [2.05, 4.69) is 15.8 Å². The van der Waals surface area contributed by atoms with Crippen LogP contribution in [0.4, 0.5) is 11.4 Å². The molecule has 9 heteroatoms. The lowest BCUT2D eigenvalue weighted by Gasteiger charge is -2.07. The average Bonchev–Trinajstić information content (AvgIpc) is 2.80.